The number of methoxy groups -OCH3 is 1. The van der Waals surface area contributed by atoms with E-state index in [1.807, 2.05) is 40.4 Å². The Labute approximate surface area is 120 Å². The highest BCUT2D eigenvalue weighted by molar-refractivity contribution is 7.10. The van der Waals surface area contributed by atoms with E-state index in [-0.39, 0.29) is 12.0 Å². The standard InChI is InChI=1S/C14H15NO2S2/c1-17-13(11-6-8-18-10-11)9-15-14(16)5-4-12-3-2-7-19-12/h2-8,10,13H,9H2,1H3,(H,15,16)/b5-4+/t13-/m0/s1. The van der Waals surface area contributed by atoms with Crippen molar-refractivity contribution in [2.75, 3.05) is 13.7 Å². The SMILES string of the molecule is CO[C@@H](CNC(=O)/C=C/c1cccs1)c1ccsc1. The Balaban J connectivity index is 1.82. The van der Waals surface area contributed by atoms with E-state index in [2.05, 4.69) is 5.32 Å². The second-order valence-corrected chi connectivity index (χ2v) is 5.63. The molecule has 2 heterocycles. The summed E-state index contributed by atoms with van der Waals surface area (Å²) < 4.78 is 5.37. The van der Waals surface area contributed by atoms with E-state index >= 15 is 0 Å². The molecule has 0 aromatic carbocycles. The van der Waals surface area contributed by atoms with Gasteiger partial charge in [0.2, 0.25) is 5.91 Å². The molecule has 0 saturated carbocycles. The molecule has 0 aliphatic heterocycles. The Bertz CT molecular complexity index is 518. The minimum Gasteiger partial charge on any atom is -0.375 e. The van der Waals surface area contributed by atoms with Crippen molar-refractivity contribution < 1.29 is 9.53 Å². The highest BCUT2D eigenvalue weighted by Gasteiger charge is 2.11. The average molecular weight is 293 g/mol. The minimum atomic E-state index is -0.106. The van der Waals surface area contributed by atoms with Crippen LogP contribution in [0.4, 0.5) is 0 Å². The van der Waals surface area contributed by atoms with Crippen molar-refractivity contribution in [3.05, 3.63) is 50.9 Å². The Kier molecular flexibility index (Phi) is 5.32. The largest absolute Gasteiger partial charge is 0.375 e. The number of carbonyl (C=O) groups is 1. The van der Waals surface area contributed by atoms with E-state index in [4.69, 9.17) is 4.74 Å². The number of nitrogens with one attached hydrogen (secondary N) is 1. The van der Waals surface area contributed by atoms with Gasteiger partial charge in [0.25, 0.3) is 0 Å². The summed E-state index contributed by atoms with van der Waals surface area (Å²) in [4.78, 5) is 12.7. The van der Waals surface area contributed by atoms with E-state index < -0.39 is 0 Å². The summed E-state index contributed by atoms with van der Waals surface area (Å²) in [7, 11) is 1.65. The normalized spacial score (nSPS) is 12.7. The Morgan fingerprint density at radius 1 is 1.47 bits per heavy atom. The van der Waals surface area contributed by atoms with Crippen molar-refractivity contribution in [2.24, 2.45) is 0 Å². The molecule has 2 aromatic heterocycles. The zero-order valence-electron chi connectivity index (χ0n) is 10.5. The lowest BCUT2D eigenvalue weighted by Gasteiger charge is -2.14. The second-order valence-electron chi connectivity index (χ2n) is 3.87. The first kappa shape index (κ1) is 14.0. The summed E-state index contributed by atoms with van der Waals surface area (Å²) in [6.07, 6.45) is 3.27. The Morgan fingerprint density at radius 2 is 2.37 bits per heavy atom. The molecule has 1 atom stereocenters. The van der Waals surface area contributed by atoms with Crippen LogP contribution in [0.15, 0.2) is 40.4 Å². The van der Waals surface area contributed by atoms with Crippen molar-refractivity contribution in [1.29, 1.82) is 0 Å². The van der Waals surface area contributed by atoms with Crippen molar-refractivity contribution in [2.45, 2.75) is 6.10 Å². The van der Waals surface area contributed by atoms with E-state index in [0.29, 0.717) is 6.54 Å². The molecule has 1 N–H and O–H groups in total. The number of hydrogen-bond acceptors (Lipinski definition) is 4. The maximum Gasteiger partial charge on any atom is 0.244 e. The van der Waals surface area contributed by atoms with Crippen LogP contribution in [0.3, 0.4) is 0 Å². The second kappa shape index (κ2) is 7.23. The summed E-state index contributed by atoms with van der Waals surface area (Å²) in [5.41, 5.74) is 1.09. The molecule has 0 unspecified atom stereocenters. The van der Waals surface area contributed by atoms with Crippen LogP contribution in [0, 0.1) is 0 Å². The predicted octanol–water partition coefficient (Wildman–Crippen LogP) is 3.33. The maximum atomic E-state index is 11.7. The van der Waals surface area contributed by atoms with Gasteiger partial charge < -0.3 is 10.1 Å². The van der Waals surface area contributed by atoms with E-state index in [0.717, 1.165) is 10.4 Å². The van der Waals surface area contributed by atoms with Crippen molar-refractivity contribution in [3.8, 4) is 0 Å². The molecule has 0 aliphatic carbocycles. The molecule has 2 aromatic rings. The average Bonchev–Trinajstić information content (AvgIpc) is 3.10. The minimum absolute atomic E-state index is 0.0923. The van der Waals surface area contributed by atoms with Crippen LogP contribution in [-0.4, -0.2) is 19.6 Å². The van der Waals surface area contributed by atoms with Gasteiger partial charge >= 0.3 is 0 Å². The number of hydrogen-bond donors (Lipinski definition) is 1. The predicted molar refractivity (Wildman–Crippen MR) is 80.4 cm³/mol. The molecule has 1 amide bonds. The first-order valence-corrected chi connectivity index (χ1v) is 7.66. The molecule has 0 aliphatic rings. The number of thiophene rings is 2. The van der Waals surface area contributed by atoms with Crippen LogP contribution in [0.1, 0.15) is 16.5 Å². The van der Waals surface area contributed by atoms with Gasteiger partial charge in [-0.1, -0.05) is 6.07 Å². The highest BCUT2D eigenvalue weighted by atomic mass is 32.1. The van der Waals surface area contributed by atoms with Crippen LogP contribution >= 0.6 is 22.7 Å². The van der Waals surface area contributed by atoms with Crippen molar-refractivity contribution >= 4 is 34.7 Å². The third-order valence-corrected chi connectivity index (χ3v) is 4.14. The molecule has 5 heteroatoms. The molecule has 0 bridgehead atoms. The van der Waals surface area contributed by atoms with Crippen molar-refractivity contribution in [1.82, 2.24) is 5.32 Å². The Morgan fingerprint density at radius 3 is 3.00 bits per heavy atom. The van der Waals surface area contributed by atoms with Gasteiger partial charge in [-0.15, -0.1) is 11.3 Å². The third-order valence-electron chi connectivity index (χ3n) is 2.60. The quantitative estimate of drug-likeness (QED) is 0.830. The molecule has 0 fully saturated rings. The fourth-order valence-electron chi connectivity index (χ4n) is 1.59. The maximum absolute atomic E-state index is 11.7. The van der Waals surface area contributed by atoms with Gasteiger partial charge in [-0.3, -0.25) is 4.79 Å². The smallest absolute Gasteiger partial charge is 0.244 e. The lowest BCUT2D eigenvalue weighted by molar-refractivity contribution is -0.117. The van der Waals surface area contributed by atoms with Crippen molar-refractivity contribution in [3.63, 3.8) is 0 Å². The lowest BCUT2D eigenvalue weighted by atomic mass is 10.2. The summed E-state index contributed by atoms with van der Waals surface area (Å²) in [6.45, 7) is 0.473. The summed E-state index contributed by atoms with van der Waals surface area (Å²) in [5, 5.41) is 8.85. The van der Waals surface area contributed by atoms with Gasteiger partial charge in [-0.05, 0) is 39.9 Å². The molecule has 19 heavy (non-hydrogen) atoms. The van der Waals surface area contributed by atoms with Crippen LogP contribution in [-0.2, 0) is 9.53 Å². The summed E-state index contributed by atoms with van der Waals surface area (Å²) >= 11 is 3.22. The topological polar surface area (TPSA) is 38.3 Å². The number of carbonyl (C=O) groups excluding carboxylic acids is 1. The summed E-state index contributed by atoms with van der Waals surface area (Å²) in [6, 6.07) is 5.93. The van der Waals surface area contributed by atoms with Gasteiger partial charge in [-0.25, -0.2) is 0 Å². The molecule has 2 rings (SSSR count). The monoisotopic (exact) mass is 293 g/mol. The number of ether oxygens (including phenoxy) is 1. The highest BCUT2D eigenvalue weighted by Crippen LogP contribution is 2.18. The van der Waals surface area contributed by atoms with E-state index in [9.17, 15) is 4.79 Å². The van der Waals surface area contributed by atoms with Gasteiger partial charge in [0.1, 0.15) is 6.10 Å². The fourth-order valence-corrected chi connectivity index (χ4v) is 2.91. The zero-order valence-corrected chi connectivity index (χ0v) is 12.2. The van der Waals surface area contributed by atoms with Gasteiger partial charge in [0, 0.05) is 24.6 Å². The first-order chi connectivity index (χ1) is 9.29. The molecular formula is C14H15NO2S2. The number of amides is 1. The van der Waals surface area contributed by atoms with E-state index in [1.54, 1.807) is 35.9 Å². The number of rotatable bonds is 6. The molecule has 0 radical (unpaired) electrons. The molecular weight excluding hydrogens is 278 g/mol. The van der Waals surface area contributed by atoms with Gasteiger partial charge in [-0.2, -0.15) is 11.3 Å². The van der Waals surface area contributed by atoms with Crippen LogP contribution < -0.4 is 5.32 Å². The Hall–Kier alpha value is -1.43. The van der Waals surface area contributed by atoms with Gasteiger partial charge in [0.15, 0.2) is 0 Å². The molecule has 0 saturated heterocycles. The lowest BCUT2D eigenvalue weighted by Crippen LogP contribution is -2.27. The summed E-state index contributed by atoms with van der Waals surface area (Å²) in [5.74, 6) is -0.106. The molecule has 0 spiro atoms. The third kappa shape index (κ3) is 4.31. The van der Waals surface area contributed by atoms with Crippen LogP contribution in [0.5, 0.6) is 0 Å². The fraction of sp³-hybridized carbons (Fsp3) is 0.214. The van der Waals surface area contributed by atoms with Crippen LogP contribution in [0.25, 0.3) is 6.08 Å². The molecule has 100 valence electrons. The van der Waals surface area contributed by atoms with Gasteiger partial charge in [0.05, 0.1) is 0 Å². The molecule has 3 nitrogen and oxygen atoms in total. The van der Waals surface area contributed by atoms with Crippen LogP contribution in [0.2, 0.25) is 0 Å². The first-order valence-electron chi connectivity index (χ1n) is 5.84. The zero-order chi connectivity index (χ0) is 13.5. The van der Waals surface area contributed by atoms with E-state index in [1.165, 1.54) is 0 Å².